The van der Waals surface area contributed by atoms with Gasteiger partial charge in [-0.05, 0) is 55.1 Å². The number of nitrogens with zero attached hydrogens (tertiary/aromatic N) is 1. The fourth-order valence-corrected chi connectivity index (χ4v) is 3.70. The molecule has 0 spiro atoms. The van der Waals surface area contributed by atoms with Crippen LogP contribution in [0.3, 0.4) is 0 Å². The first-order valence-corrected chi connectivity index (χ1v) is 8.64. The molecule has 1 aromatic heterocycles. The van der Waals surface area contributed by atoms with E-state index in [2.05, 4.69) is 58.5 Å². The molecule has 1 saturated heterocycles. The zero-order valence-corrected chi connectivity index (χ0v) is 13.8. The Labute approximate surface area is 142 Å². The first kappa shape index (κ1) is 14.8. The van der Waals surface area contributed by atoms with E-state index < -0.39 is 0 Å². The van der Waals surface area contributed by atoms with Gasteiger partial charge in [0.15, 0.2) is 0 Å². The summed E-state index contributed by atoms with van der Waals surface area (Å²) in [5, 5.41) is 5.54. The van der Waals surface area contributed by atoms with Gasteiger partial charge in [0.2, 0.25) is 0 Å². The number of benzene rings is 2. The maximum Gasteiger partial charge on any atom is 0.0701 e. The first-order valence-electron chi connectivity index (χ1n) is 8.27. The molecular weight excluding hydrogens is 304 g/mol. The lowest BCUT2D eigenvalue weighted by Crippen LogP contribution is -2.26. The Morgan fingerprint density at radius 1 is 1.09 bits per heavy atom. The van der Waals surface area contributed by atoms with E-state index in [1.54, 1.807) is 0 Å². The summed E-state index contributed by atoms with van der Waals surface area (Å²) in [6.45, 7) is 3.03. The summed E-state index contributed by atoms with van der Waals surface area (Å²) in [5.74, 6) is 0.594. The molecule has 3 heteroatoms. The van der Waals surface area contributed by atoms with Crippen molar-refractivity contribution in [3.8, 4) is 0 Å². The molecule has 0 saturated carbocycles. The van der Waals surface area contributed by atoms with E-state index in [0.29, 0.717) is 5.92 Å². The quantitative estimate of drug-likeness (QED) is 0.744. The average molecular weight is 324 g/mol. The minimum Gasteiger partial charge on any atom is -0.334 e. The molecule has 0 atom stereocenters. The van der Waals surface area contributed by atoms with E-state index in [9.17, 15) is 0 Å². The summed E-state index contributed by atoms with van der Waals surface area (Å²) in [5.41, 5.74) is 3.83. The second-order valence-corrected chi connectivity index (χ2v) is 6.72. The molecule has 23 heavy (non-hydrogen) atoms. The highest BCUT2D eigenvalue weighted by Gasteiger charge is 2.20. The van der Waals surface area contributed by atoms with Gasteiger partial charge >= 0.3 is 0 Å². The van der Waals surface area contributed by atoms with Crippen molar-refractivity contribution in [3.63, 3.8) is 0 Å². The van der Waals surface area contributed by atoms with E-state index >= 15 is 0 Å². The van der Waals surface area contributed by atoms with Crippen LogP contribution in [0.5, 0.6) is 0 Å². The van der Waals surface area contributed by atoms with Crippen molar-refractivity contribution in [1.29, 1.82) is 0 Å². The van der Waals surface area contributed by atoms with Crippen molar-refractivity contribution in [1.82, 2.24) is 9.88 Å². The third kappa shape index (κ3) is 3.01. The molecule has 1 fully saturated rings. The van der Waals surface area contributed by atoms with Gasteiger partial charge in [-0.2, -0.15) is 0 Å². The Bertz CT molecular complexity index is 801. The molecule has 1 aliphatic rings. The van der Waals surface area contributed by atoms with Crippen molar-refractivity contribution in [2.75, 3.05) is 13.1 Å². The number of rotatable bonds is 3. The number of hydrogen-bond donors (Lipinski definition) is 1. The maximum atomic E-state index is 6.25. The molecule has 1 aliphatic heterocycles. The molecule has 2 aromatic carbocycles. The molecule has 2 nitrogen and oxygen atoms in total. The summed E-state index contributed by atoms with van der Waals surface area (Å²) in [6.07, 6.45) is 6.03. The number of fused-ring (bicyclic) bond motifs is 1. The number of halogens is 1. The van der Waals surface area contributed by atoms with Crippen molar-refractivity contribution >= 4 is 22.5 Å². The van der Waals surface area contributed by atoms with Gasteiger partial charge in [0, 0.05) is 17.0 Å². The second kappa shape index (κ2) is 6.38. The molecule has 0 amide bonds. The standard InChI is InChI=1S/C20H20ClN2/c21-17-6-7-18-19(16-8-10-22-11-9-16)14-23(20(18)12-17)13-15-4-2-1-3-5-15/h1-7,12,16,22H,8-11,13H2. The van der Waals surface area contributed by atoms with Crippen LogP contribution in [0.1, 0.15) is 29.9 Å². The SMILES string of the molecule is Clc1ccc2c(C3CCNCC3)[c]n(Cc3ccccc3)c2c1. The summed E-state index contributed by atoms with van der Waals surface area (Å²) >= 11 is 6.25. The maximum absolute atomic E-state index is 6.25. The van der Waals surface area contributed by atoms with Crippen molar-refractivity contribution in [3.05, 3.63) is 70.9 Å². The lowest BCUT2D eigenvalue weighted by molar-refractivity contribution is 0.461. The van der Waals surface area contributed by atoms with Gasteiger partial charge in [0.1, 0.15) is 0 Å². The van der Waals surface area contributed by atoms with E-state index in [1.807, 2.05) is 6.07 Å². The number of aromatic nitrogens is 1. The Hall–Kier alpha value is -1.77. The summed E-state index contributed by atoms with van der Waals surface area (Å²) in [4.78, 5) is 0. The van der Waals surface area contributed by atoms with Crippen LogP contribution < -0.4 is 5.32 Å². The third-order valence-corrected chi connectivity index (χ3v) is 4.96. The molecule has 0 unspecified atom stereocenters. The zero-order valence-electron chi connectivity index (χ0n) is 13.1. The molecule has 2 heterocycles. The van der Waals surface area contributed by atoms with Crippen molar-refractivity contribution in [2.45, 2.75) is 25.3 Å². The first-order chi connectivity index (χ1) is 11.3. The van der Waals surface area contributed by atoms with Crippen LogP contribution in [0.2, 0.25) is 5.02 Å². The van der Waals surface area contributed by atoms with E-state index in [1.165, 1.54) is 34.9 Å². The van der Waals surface area contributed by atoms with E-state index in [0.717, 1.165) is 24.7 Å². The van der Waals surface area contributed by atoms with Gasteiger partial charge in [-0.3, -0.25) is 0 Å². The molecule has 1 radical (unpaired) electrons. The number of piperidine rings is 1. The van der Waals surface area contributed by atoms with Crippen LogP contribution in [-0.4, -0.2) is 17.7 Å². The zero-order chi connectivity index (χ0) is 15.6. The highest BCUT2D eigenvalue weighted by molar-refractivity contribution is 6.31. The Balaban J connectivity index is 1.78. The highest BCUT2D eigenvalue weighted by atomic mass is 35.5. The predicted octanol–water partition coefficient (Wildman–Crippen LogP) is 4.61. The topological polar surface area (TPSA) is 17.0 Å². The number of hydrogen-bond acceptors (Lipinski definition) is 1. The minimum absolute atomic E-state index is 0.594. The molecule has 0 bridgehead atoms. The monoisotopic (exact) mass is 323 g/mol. The van der Waals surface area contributed by atoms with Gasteiger partial charge < -0.3 is 9.88 Å². The third-order valence-electron chi connectivity index (χ3n) is 4.73. The van der Waals surface area contributed by atoms with Gasteiger partial charge in [0.25, 0.3) is 0 Å². The molecule has 117 valence electrons. The summed E-state index contributed by atoms with van der Waals surface area (Å²) in [6, 6.07) is 16.8. The minimum atomic E-state index is 0.594. The van der Waals surface area contributed by atoms with Crippen LogP contribution in [-0.2, 0) is 6.54 Å². The largest absolute Gasteiger partial charge is 0.334 e. The number of nitrogens with one attached hydrogen (secondary N) is 1. The summed E-state index contributed by atoms with van der Waals surface area (Å²) < 4.78 is 2.23. The fraction of sp³-hybridized carbons (Fsp3) is 0.300. The van der Waals surface area contributed by atoms with Crippen LogP contribution >= 0.6 is 11.6 Å². The molecule has 1 N–H and O–H groups in total. The van der Waals surface area contributed by atoms with E-state index in [4.69, 9.17) is 11.6 Å². The fourth-order valence-electron chi connectivity index (χ4n) is 3.53. The van der Waals surface area contributed by atoms with Gasteiger partial charge in [-0.15, -0.1) is 0 Å². The van der Waals surface area contributed by atoms with Crippen molar-refractivity contribution in [2.24, 2.45) is 0 Å². The average Bonchev–Trinajstić information content (AvgIpc) is 2.94. The Kier molecular flexibility index (Phi) is 4.11. The lowest BCUT2D eigenvalue weighted by Gasteiger charge is -2.22. The summed E-state index contributed by atoms with van der Waals surface area (Å²) in [7, 11) is 0. The van der Waals surface area contributed by atoms with E-state index in [-0.39, 0.29) is 0 Å². The highest BCUT2D eigenvalue weighted by Crippen LogP contribution is 2.34. The van der Waals surface area contributed by atoms with Crippen LogP contribution in [0.25, 0.3) is 10.9 Å². The second-order valence-electron chi connectivity index (χ2n) is 6.28. The molecule has 4 rings (SSSR count). The normalized spacial score (nSPS) is 16.0. The van der Waals surface area contributed by atoms with Crippen LogP contribution in [0.4, 0.5) is 0 Å². The van der Waals surface area contributed by atoms with Gasteiger partial charge in [-0.1, -0.05) is 48.0 Å². The van der Waals surface area contributed by atoms with Gasteiger partial charge in [-0.25, -0.2) is 0 Å². The predicted molar refractivity (Wildman–Crippen MR) is 96.2 cm³/mol. The Morgan fingerprint density at radius 3 is 2.65 bits per heavy atom. The smallest absolute Gasteiger partial charge is 0.0701 e. The molecule has 0 aliphatic carbocycles. The Morgan fingerprint density at radius 2 is 1.87 bits per heavy atom. The van der Waals surface area contributed by atoms with Gasteiger partial charge in [0.05, 0.1) is 11.7 Å². The molecule has 3 aromatic rings. The lowest BCUT2D eigenvalue weighted by atomic mass is 9.90. The van der Waals surface area contributed by atoms with Crippen molar-refractivity contribution < 1.29 is 0 Å². The van der Waals surface area contributed by atoms with Crippen LogP contribution in [0.15, 0.2) is 48.5 Å². The van der Waals surface area contributed by atoms with Crippen LogP contribution in [0, 0.1) is 6.20 Å². The molecular formula is C20H20ClN2.